The number of aliphatic hydroxyl groups excluding tert-OH is 2. The van der Waals surface area contributed by atoms with Crippen molar-refractivity contribution in [2.75, 3.05) is 13.7 Å². The van der Waals surface area contributed by atoms with Crippen molar-refractivity contribution in [1.82, 2.24) is 9.55 Å². The Morgan fingerprint density at radius 2 is 2.24 bits per heavy atom. The zero-order valence-electron chi connectivity index (χ0n) is 10.8. The summed E-state index contributed by atoms with van der Waals surface area (Å²) in [4.78, 5) is 34.7. The summed E-state index contributed by atoms with van der Waals surface area (Å²) in [5, 5.41) is 29.7. The normalized spacial score (nSPS) is 28.7. The number of aromatic amines is 1. The fourth-order valence-electron chi connectivity index (χ4n) is 2.14. The third-order valence-corrected chi connectivity index (χ3v) is 3.18. The van der Waals surface area contributed by atoms with Gasteiger partial charge in [-0.2, -0.15) is 0 Å². The third kappa shape index (κ3) is 2.58. The molecule has 11 heteroatoms. The lowest BCUT2D eigenvalue weighted by Crippen LogP contribution is -2.39. The fraction of sp³-hybridized carbons (Fsp3) is 0.600. The minimum absolute atomic E-state index is 0.530. The molecule has 0 radical (unpaired) electrons. The summed E-state index contributed by atoms with van der Waals surface area (Å²) in [6, 6.07) is 0. The molecule has 11 nitrogen and oxygen atoms in total. The van der Waals surface area contributed by atoms with Crippen molar-refractivity contribution in [3.05, 3.63) is 37.1 Å². The molecule has 1 aromatic rings. The number of methoxy groups -OCH3 is 1. The Kier molecular flexibility index (Phi) is 4.18. The Bertz CT molecular complexity index is 652. The first kappa shape index (κ1) is 15.3. The molecule has 0 bridgehead atoms. The van der Waals surface area contributed by atoms with E-state index in [0.29, 0.717) is 6.20 Å². The molecule has 4 atom stereocenters. The van der Waals surface area contributed by atoms with Crippen molar-refractivity contribution < 1.29 is 24.6 Å². The van der Waals surface area contributed by atoms with Crippen molar-refractivity contribution in [2.24, 2.45) is 0 Å². The van der Waals surface area contributed by atoms with Crippen molar-refractivity contribution in [1.29, 1.82) is 0 Å². The van der Waals surface area contributed by atoms with Crippen LogP contribution >= 0.6 is 0 Å². The van der Waals surface area contributed by atoms with Crippen molar-refractivity contribution >= 4 is 5.69 Å². The van der Waals surface area contributed by atoms with Gasteiger partial charge in [-0.05, 0) is 0 Å². The fourth-order valence-corrected chi connectivity index (χ4v) is 2.14. The highest BCUT2D eigenvalue weighted by Crippen LogP contribution is 2.30. The maximum absolute atomic E-state index is 11.8. The second-order valence-electron chi connectivity index (χ2n) is 4.38. The van der Waals surface area contributed by atoms with Gasteiger partial charge < -0.3 is 19.7 Å². The van der Waals surface area contributed by atoms with Gasteiger partial charge in [-0.3, -0.25) is 24.5 Å². The molecule has 3 N–H and O–H groups in total. The molecule has 2 heterocycles. The third-order valence-electron chi connectivity index (χ3n) is 3.18. The van der Waals surface area contributed by atoms with Crippen molar-refractivity contribution in [2.45, 2.75) is 24.5 Å². The Morgan fingerprint density at radius 3 is 2.76 bits per heavy atom. The molecule has 1 fully saturated rings. The number of nitrogens with one attached hydrogen (secondary N) is 1. The number of hydrogen-bond acceptors (Lipinski definition) is 8. The average Bonchev–Trinajstić information content (AvgIpc) is 2.74. The van der Waals surface area contributed by atoms with Crippen molar-refractivity contribution in [3.63, 3.8) is 0 Å². The van der Waals surface area contributed by atoms with Crippen LogP contribution in [0, 0.1) is 10.1 Å². The van der Waals surface area contributed by atoms with E-state index in [1.165, 1.54) is 7.11 Å². The van der Waals surface area contributed by atoms with E-state index in [-0.39, 0.29) is 0 Å². The van der Waals surface area contributed by atoms with Crippen LogP contribution in [0.25, 0.3) is 0 Å². The molecule has 0 aromatic carbocycles. The number of nitrogens with zero attached hydrogens (tertiary/aromatic N) is 2. The van der Waals surface area contributed by atoms with E-state index in [0.717, 1.165) is 4.57 Å². The van der Waals surface area contributed by atoms with E-state index in [9.17, 15) is 24.8 Å². The standard InChI is InChI=1S/C10H13N3O8/c1-20-7-6(15)5(3-14)21-9(7)12-2-4(13(18)19)8(16)11-10(12)17/h2,5-7,9,14-15H,3H2,1H3,(H,11,16,17)/t5-,6?,7?,9-/m0/s1. The van der Waals surface area contributed by atoms with Gasteiger partial charge in [0.15, 0.2) is 6.23 Å². The number of ether oxygens (including phenoxy) is 2. The first-order valence-electron chi connectivity index (χ1n) is 5.87. The predicted molar refractivity (Wildman–Crippen MR) is 65.8 cm³/mol. The second kappa shape index (κ2) is 5.73. The van der Waals surface area contributed by atoms with Gasteiger partial charge in [0.2, 0.25) is 0 Å². The van der Waals surface area contributed by atoms with Gasteiger partial charge >= 0.3 is 16.9 Å². The van der Waals surface area contributed by atoms with E-state index in [4.69, 9.17) is 14.6 Å². The summed E-state index contributed by atoms with van der Waals surface area (Å²) < 4.78 is 11.0. The van der Waals surface area contributed by atoms with Crippen molar-refractivity contribution in [3.8, 4) is 0 Å². The van der Waals surface area contributed by atoms with Crippen LogP contribution in [-0.4, -0.2) is 56.7 Å². The van der Waals surface area contributed by atoms with E-state index >= 15 is 0 Å². The van der Waals surface area contributed by atoms with E-state index in [1.54, 1.807) is 4.98 Å². The summed E-state index contributed by atoms with van der Waals surface area (Å²) >= 11 is 0. The Morgan fingerprint density at radius 1 is 1.57 bits per heavy atom. The number of rotatable bonds is 4. The zero-order chi connectivity index (χ0) is 15.7. The molecule has 1 aliphatic heterocycles. The zero-order valence-corrected chi connectivity index (χ0v) is 10.8. The lowest BCUT2D eigenvalue weighted by Gasteiger charge is -2.19. The van der Waals surface area contributed by atoms with E-state index < -0.39 is 53.0 Å². The number of aliphatic hydroxyl groups is 2. The number of nitro groups is 1. The summed E-state index contributed by atoms with van der Waals surface area (Å²) in [5.74, 6) is 0. The molecule has 0 amide bonds. The van der Waals surface area contributed by atoms with Gasteiger partial charge in [0.1, 0.15) is 18.3 Å². The van der Waals surface area contributed by atoms with Gasteiger partial charge in [0, 0.05) is 7.11 Å². The number of aromatic nitrogens is 2. The summed E-state index contributed by atoms with van der Waals surface area (Å²) in [7, 11) is 1.25. The summed E-state index contributed by atoms with van der Waals surface area (Å²) in [5.41, 5.74) is -2.95. The van der Waals surface area contributed by atoms with Gasteiger partial charge in [0.25, 0.3) is 0 Å². The van der Waals surface area contributed by atoms with Crippen LogP contribution in [0.3, 0.4) is 0 Å². The first-order valence-corrected chi connectivity index (χ1v) is 5.87. The SMILES string of the molecule is COC1C(O)[C@H](CO)O[C@@H]1n1cc([N+](=O)[O-])c(=O)[nH]c1=O. The van der Waals surface area contributed by atoms with Crippen LogP contribution < -0.4 is 11.2 Å². The molecule has 1 aromatic heterocycles. The van der Waals surface area contributed by atoms with Crippen LogP contribution in [0.5, 0.6) is 0 Å². The topological polar surface area (TPSA) is 157 Å². The molecule has 2 unspecified atom stereocenters. The highest BCUT2D eigenvalue weighted by atomic mass is 16.6. The lowest BCUT2D eigenvalue weighted by molar-refractivity contribution is -0.387. The average molecular weight is 303 g/mol. The van der Waals surface area contributed by atoms with Gasteiger partial charge in [-0.1, -0.05) is 0 Å². The van der Waals surface area contributed by atoms with E-state index in [1.807, 2.05) is 0 Å². The first-order chi connectivity index (χ1) is 9.90. The Hall–Kier alpha value is -2.08. The van der Waals surface area contributed by atoms with Crippen LogP contribution in [0.4, 0.5) is 5.69 Å². The van der Waals surface area contributed by atoms with Gasteiger partial charge in [-0.25, -0.2) is 4.79 Å². The lowest BCUT2D eigenvalue weighted by atomic mass is 10.1. The van der Waals surface area contributed by atoms with Crippen LogP contribution in [0.15, 0.2) is 15.8 Å². The quantitative estimate of drug-likeness (QED) is 0.414. The molecule has 0 aliphatic carbocycles. The van der Waals surface area contributed by atoms with Gasteiger partial charge in [-0.15, -0.1) is 0 Å². The predicted octanol–water partition coefficient (Wildman–Crippen LogP) is -2.29. The Labute approximate surface area is 116 Å². The second-order valence-corrected chi connectivity index (χ2v) is 4.38. The number of hydrogen-bond donors (Lipinski definition) is 3. The smallest absolute Gasteiger partial charge is 0.350 e. The molecular formula is C10H13N3O8. The number of H-pyrrole nitrogens is 1. The Balaban J connectivity index is 2.51. The highest BCUT2D eigenvalue weighted by molar-refractivity contribution is 5.21. The van der Waals surface area contributed by atoms with E-state index in [2.05, 4.69) is 0 Å². The molecule has 1 aliphatic rings. The molecule has 0 saturated carbocycles. The minimum Gasteiger partial charge on any atom is -0.394 e. The molecule has 1 saturated heterocycles. The highest BCUT2D eigenvalue weighted by Gasteiger charge is 2.45. The van der Waals surface area contributed by atoms with Crippen LogP contribution in [0.2, 0.25) is 0 Å². The monoisotopic (exact) mass is 303 g/mol. The van der Waals surface area contributed by atoms with Crippen LogP contribution in [0.1, 0.15) is 6.23 Å². The summed E-state index contributed by atoms with van der Waals surface area (Å²) in [6.07, 6.45) is -3.79. The molecular weight excluding hydrogens is 290 g/mol. The molecule has 21 heavy (non-hydrogen) atoms. The maximum atomic E-state index is 11.8. The molecule has 2 rings (SSSR count). The molecule has 0 spiro atoms. The van der Waals surface area contributed by atoms with Crippen LogP contribution in [-0.2, 0) is 9.47 Å². The molecule has 116 valence electrons. The maximum Gasteiger partial charge on any atom is 0.350 e. The minimum atomic E-state index is -1.23. The largest absolute Gasteiger partial charge is 0.394 e. The summed E-state index contributed by atoms with van der Waals surface area (Å²) in [6.45, 7) is -0.530. The van der Waals surface area contributed by atoms with Gasteiger partial charge in [0.05, 0.1) is 17.7 Å².